The van der Waals surface area contributed by atoms with Gasteiger partial charge in [-0.25, -0.2) is 18.7 Å². The number of imidazole rings is 1. The van der Waals surface area contributed by atoms with Gasteiger partial charge in [-0.1, -0.05) is 30.3 Å². The summed E-state index contributed by atoms with van der Waals surface area (Å²) in [5.74, 6) is -2.13. The Bertz CT molecular complexity index is 1360. The number of halogens is 2. The van der Waals surface area contributed by atoms with Crippen LogP contribution in [0.3, 0.4) is 0 Å². The van der Waals surface area contributed by atoms with E-state index in [0.717, 1.165) is 55.6 Å². The topological polar surface area (TPSA) is 85.3 Å². The molecule has 7 nitrogen and oxygen atoms in total. The minimum atomic E-state index is -2.90. The van der Waals surface area contributed by atoms with Crippen molar-refractivity contribution in [3.63, 3.8) is 0 Å². The molecule has 0 bridgehead atoms. The smallest absolute Gasteiger partial charge is 0.304 e. The molecule has 0 atom stereocenters. The number of carboxylic acid groups (broad SMARTS) is 1. The van der Waals surface area contributed by atoms with Crippen LogP contribution in [0.15, 0.2) is 60.8 Å². The van der Waals surface area contributed by atoms with Gasteiger partial charge >= 0.3 is 5.97 Å². The van der Waals surface area contributed by atoms with E-state index in [1.54, 1.807) is 6.07 Å². The summed E-state index contributed by atoms with van der Waals surface area (Å²) in [6.07, 6.45) is 2.02. The number of anilines is 1. The monoisotopic (exact) mass is 491 g/mol. The molecule has 5 rings (SSSR count). The Hall–Kier alpha value is -3.85. The highest BCUT2D eigenvalue weighted by Gasteiger charge is 2.25. The van der Waals surface area contributed by atoms with Crippen molar-refractivity contribution in [3.05, 3.63) is 66.4 Å². The lowest BCUT2D eigenvalue weighted by molar-refractivity contribution is -0.137. The fraction of sp³-hybridized carbons (Fsp3) is 0.296. The molecule has 2 aromatic heterocycles. The molecule has 9 heteroatoms. The number of hydrogen-bond donors (Lipinski definition) is 2. The first-order chi connectivity index (χ1) is 17.3. The standard InChI is InChI=1S/C27H27F2N5O2/c1-27(28,29)21-7-8-22-23(16-21)32-26(31-22)19-4-2-18(3-5-19)20-6-9-24(30-17-20)34-14-12-33(13-15-34)11-10-25(35)36/h2-9,16-17H,10-15H2,1H3,(H,31,32)(H,35,36). The van der Waals surface area contributed by atoms with Crippen LogP contribution < -0.4 is 4.90 Å². The fourth-order valence-corrected chi connectivity index (χ4v) is 4.44. The van der Waals surface area contributed by atoms with Crippen LogP contribution in [0.25, 0.3) is 33.5 Å². The third-order valence-electron chi connectivity index (χ3n) is 6.57. The fourth-order valence-electron chi connectivity index (χ4n) is 4.44. The molecule has 186 valence electrons. The summed E-state index contributed by atoms with van der Waals surface area (Å²) >= 11 is 0. The van der Waals surface area contributed by atoms with Crippen molar-refractivity contribution in [3.8, 4) is 22.5 Å². The SMILES string of the molecule is CC(F)(F)c1ccc2nc(-c3ccc(-c4ccc(N5CCN(CCC(=O)O)CC5)nc4)cc3)[nH]c2c1. The van der Waals surface area contributed by atoms with Crippen LogP contribution in [0.4, 0.5) is 14.6 Å². The Morgan fingerprint density at radius 2 is 1.69 bits per heavy atom. The van der Waals surface area contributed by atoms with E-state index in [0.29, 0.717) is 23.4 Å². The van der Waals surface area contributed by atoms with Crippen molar-refractivity contribution in [2.75, 3.05) is 37.6 Å². The molecule has 0 amide bonds. The van der Waals surface area contributed by atoms with Gasteiger partial charge < -0.3 is 15.0 Å². The van der Waals surface area contributed by atoms with Crippen LogP contribution in [0.2, 0.25) is 0 Å². The van der Waals surface area contributed by atoms with E-state index in [1.165, 1.54) is 12.1 Å². The molecule has 3 heterocycles. The molecule has 1 saturated heterocycles. The minimum Gasteiger partial charge on any atom is -0.481 e. The number of benzene rings is 2. The second-order valence-electron chi connectivity index (χ2n) is 9.16. The van der Waals surface area contributed by atoms with Gasteiger partial charge in [0.2, 0.25) is 0 Å². The molecule has 1 aliphatic heterocycles. The average Bonchev–Trinajstić information content (AvgIpc) is 3.31. The van der Waals surface area contributed by atoms with E-state index in [4.69, 9.17) is 5.11 Å². The van der Waals surface area contributed by atoms with Crippen LogP contribution in [0.5, 0.6) is 0 Å². The predicted octanol–water partition coefficient (Wildman–Crippen LogP) is 5.00. The molecule has 1 fully saturated rings. The van der Waals surface area contributed by atoms with E-state index in [2.05, 4.69) is 24.8 Å². The molecule has 0 spiro atoms. The van der Waals surface area contributed by atoms with E-state index in [9.17, 15) is 13.6 Å². The largest absolute Gasteiger partial charge is 0.481 e. The quantitative estimate of drug-likeness (QED) is 0.379. The van der Waals surface area contributed by atoms with Gasteiger partial charge in [-0.05, 0) is 29.8 Å². The Morgan fingerprint density at radius 1 is 1.00 bits per heavy atom. The zero-order chi connectivity index (χ0) is 25.3. The molecule has 36 heavy (non-hydrogen) atoms. The number of pyridine rings is 1. The van der Waals surface area contributed by atoms with Gasteiger partial charge in [0.25, 0.3) is 5.92 Å². The molecule has 2 N–H and O–H groups in total. The lowest BCUT2D eigenvalue weighted by atomic mass is 10.1. The van der Waals surface area contributed by atoms with Crippen molar-refractivity contribution in [1.82, 2.24) is 19.9 Å². The molecule has 0 unspecified atom stereocenters. The maximum absolute atomic E-state index is 13.7. The first-order valence-corrected chi connectivity index (χ1v) is 11.9. The van der Waals surface area contributed by atoms with Gasteiger partial charge in [0.1, 0.15) is 11.6 Å². The van der Waals surface area contributed by atoms with Crippen molar-refractivity contribution >= 4 is 22.8 Å². The molecule has 2 aromatic carbocycles. The number of aromatic nitrogens is 3. The number of alkyl halides is 2. The number of carbonyl (C=O) groups is 1. The molecule has 0 radical (unpaired) electrons. The number of aliphatic carboxylic acids is 1. The second kappa shape index (κ2) is 9.66. The number of nitrogens with one attached hydrogen (secondary N) is 1. The summed E-state index contributed by atoms with van der Waals surface area (Å²) in [4.78, 5) is 27.5. The number of piperazine rings is 1. The molecule has 0 aliphatic carbocycles. The summed E-state index contributed by atoms with van der Waals surface area (Å²) < 4.78 is 27.3. The second-order valence-corrected chi connectivity index (χ2v) is 9.16. The van der Waals surface area contributed by atoms with Crippen LogP contribution in [-0.4, -0.2) is 63.7 Å². The van der Waals surface area contributed by atoms with E-state index in [1.807, 2.05) is 42.6 Å². The van der Waals surface area contributed by atoms with E-state index < -0.39 is 11.9 Å². The van der Waals surface area contributed by atoms with E-state index in [-0.39, 0.29) is 12.0 Å². The number of H-pyrrole nitrogens is 1. The molecule has 4 aromatic rings. The average molecular weight is 492 g/mol. The highest BCUT2D eigenvalue weighted by Crippen LogP contribution is 2.31. The number of fused-ring (bicyclic) bond motifs is 1. The van der Waals surface area contributed by atoms with Gasteiger partial charge in [0, 0.05) is 62.5 Å². The highest BCUT2D eigenvalue weighted by atomic mass is 19.3. The number of hydrogen-bond acceptors (Lipinski definition) is 5. The summed E-state index contributed by atoms with van der Waals surface area (Å²) in [5.41, 5.74) is 4.05. The Morgan fingerprint density at radius 3 is 2.33 bits per heavy atom. The summed E-state index contributed by atoms with van der Waals surface area (Å²) in [6, 6.07) is 16.4. The molecule has 1 aliphatic rings. The highest BCUT2D eigenvalue weighted by molar-refractivity contribution is 5.80. The third-order valence-corrected chi connectivity index (χ3v) is 6.57. The molecule has 0 saturated carbocycles. The number of aromatic amines is 1. The Labute approximate surface area is 207 Å². The van der Waals surface area contributed by atoms with Crippen molar-refractivity contribution < 1.29 is 18.7 Å². The van der Waals surface area contributed by atoms with Crippen LogP contribution in [0, 0.1) is 0 Å². The lowest BCUT2D eigenvalue weighted by Gasteiger charge is -2.35. The summed E-state index contributed by atoms with van der Waals surface area (Å²) in [5, 5.41) is 8.86. The van der Waals surface area contributed by atoms with Crippen molar-refractivity contribution in [1.29, 1.82) is 0 Å². The number of carboxylic acids is 1. The normalized spacial score (nSPS) is 14.9. The number of nitrogens with zero attached hydrogens (tertiary/aromatic N) is 4. The minimum absolute atomic E-state index is 0.0449. The van der Waals surface area contributed by atoms with Gasteiger partial charge in [-0.2, -0.15) is 0 Å². The molecular formula is C27H27F2N5O2. The maximum Gasteiger partial charge on any atom is 0.304 e. The van der Waals surface area contributed by atoms with E-state index >= 15 is 0 Å². The summed E-state index contributed by atoms with van der Waals surface area (Å²) in [6.45, 7) is 4.74. The van der Waals surface area contributed by atoms with Crippen molar-refractivity contribution in [2.45, 2.75) is 19.3 Å². The van der Waals surface area contributed by atoms with Gasteiger partial charge in [0.15, 0.2) is 0 Å². The van der Waals surface area contributed by atoms with Crippen LogP contribution >= 0.6 is 0 Å². The third kappa shape index (κ3) is 5.21. The zero-order valence-corrected chi connectivity index (χ0v) is 19.9. The summed E-state index contributed by atoms with van der Waals surface area (Å²) in [7, 11) is 0. The first-order valence-electron chi connectivity index (χ1n) is 11.9. The van der Waals surface area contributed by atoms with Crippen LogP contribution in [0.1, 0.15) is 18.9 Å². The lowest BCUT2D eigenvalue weighted by Crippen LogP contribution is -2.47. The van der Waals surface area contributed by atoms with Gasteiger partial charge in [0.05, 0.1) is 17.5 Å². The first kappa shape index (κ1) is 23.9. The Kier molecular flexibility index (Phi) is 6.40. The van der Waals surface area contributed by atoms with Gasteiger partial charge in [-0.3, -0.25) is 9.69 Å². The van der Waals surface area contributed by atoms with Crippen LogP contribution in [-0.2, 0) is 10.7 Å². The van der Waals surface area contributed by atoms with Gasteiger partial charge in [-0.15, -0.1) is 0 Å². The predicted molar refractivity (Wildman–Crippen MR) is 135 cm³/mol. The zero-order valence-electron chi connectivity index (χ0n) is 19.9. The Balaban J connectivity index is 1.25. The van der Waals surface area contributed by atoms with Crippen molar-refractivity contribution in [2.24, 2.45) is 0 Å². The maximum atomic E-state index is 13.7. The molecular weight excluding hydrogens is 464 g/mol. The number of rotatable bonds is 7.